The van der Waals surface area contributed by atoms with Gasteiger partial charge >= 0.3 is 5.97 Å². The molecule has 1 aromatic carbocycles. The van der Waals surface area contributed by atoms with E-state index in [1.165, 1.54) is 16.7 Å². The Bertz CT molecular complexity index is 608. The standard InChI is InChI=1S/C15H17IN2O4S/c1-2-22-15(21)11(17)8-23-12-7-13(19)18(14(12)20)10-5-3-9(16)4-6-10/h3-6,11-12H,2,7-8,17H2,1H3/p+1/t11-,12+/m0/s1. The monoisotopic (exact) mass is 449 g/mol. The Kier molecular flexibility index (Phi) is 6.42. The van der Waals surface area contributed by atoms with E-state index >= 15 is 0 Å². The summed E-state index contributed by atoms with van der Waals surface area (Å²) in [6, 6.07) is 6.67. The molecule has 0 aromatic heterocycles. The third-order valence-electron chi connectivity index (χ3n) is 3.31. The highest BCUT2D eigenvalue weighted by molar-refractivity contribution is 14.1. The van der Waals surface area contributed by atoms with E-state index in [0.29, 0.717) is 18.0 Å². The predicted molar refractivity (Wildman–Crippen MR) is 95.8 cm³/mol. The van der Waals surface area contributed by atoms with Gasteiger partial charge in [0.1, 0.15) is 0 Å². The molecule has 6 nitrogen and oxygen atoms in total. The van der Waals surface area contributed by atoms with Crippen molar-refractivity contribution in [1.29, 1.82) is 0 Å². The van der Waals surface area contributed by atoms with Gasteiger partial charge in [0, 0.05) is 9.99 Å². The zero-order valence-electron chi connectivity index (χ0n) is 12.7. The Morgan fingerprint density at radius 3 is 2.70 bits per heavy atom. The summed E-state index contributed by atoms with van der Waals surface area (Å²) in [4.78, 5) is 37.4. The summed E-state index contributed by atoms with van der Waals surface area (Å²) in [5.74, 6) is -0.489. The molecular formula is C15H18IN2O4S+. The molecule has 8 heteroatoms. The highest BCUT2D eigenvalue weighted by atomic mass is 127. The lowest BCUT2D eigenvalue weighted by Gasteiger charge is -2.15. The quantitative estimate of drug-likeness (QED) is 0.395. The molecule has 0 spiro atoms. The number of ether oxygens (including phenoxy) is 1. The molecule has 3 N–H and O–H groups in total. The van der Waals surface area contributed by atoms with Gasteiger partial charge in [-0.15, -0.1) is 11.8 Å². The molecule has 0 aliphatic carbocycles. The summed E-state index contributed by atoms with van der Waals surface area (Å²) in [6.07, 6.45) is 0.144. The number of halogens is 1. The van der Waals surface area contributed by atoms with Gasteiger partial charge in [-0.3, -0.25) is 9.59 Å². The highest BCUT2D eigenvalue weighted by Gasteiger charge is 2.40. The minimum atomic E-state index is -0.546. The van der Waals surface area contributed by atoms with E-state index in [1.54, 1.807) is 19.1 Å². The second kappa shape index (κ2) is 8.11. The lowest BCUT2D eigenvalue weighted by Crippen LogP contribution is -2.66. The van der Waals surface area contributed by atoms with Crippen LogP contribution >= 0.6 is 34.4 Å². The van der Waals surface area contributed by atoms with Gasteiger partial charge in [0.2, 0.25) is 11.8 Å². The molecule has 1 fully saturated rings. The van der Waals surface area contributed by atoms with Crippen molar-refractivity contribution in [2.24, 2.45) is 0 Å². The summed E-state index contributed by atoms with van der Waals surface area (Å²) in [7, 11) is 0. The number of carbonyl (C=O) groups is 3. The number of quaternary nitrogens is 1. The first-order chi connectivity index (χ1) is 10.9. The van der Waals surface area contributed by atoms with Gasteiger partial charge in [0.15, 0.2) is 6.04 Å². The van der Waals surface area contributed by atoms with Crippen LogP contribution in [0.2, 0.25) is 0 Å². The number of imide groups is 1. The van der Waals surface area contributed by atoms with E-state index in [1.807, 2.05) is 12.1 Å². The van der Waals surface area contributed by atoms with Crippen molar-refractivity contribution in [2.75, 3.05) is 17.3 Å². The maximum Gasteiger partial charge on any atom is 0.365 e. The van der Waals surface area contributed by atoms with E-state index in [2.05, 4.69) is 28.3 Å². The van der Waals surface area contributed by atoms with Crippen molar-refractivity contribution < 1.29 is 24.9 Å². The van der Waals surface area contributed by atoms with Crippen LogP contribution in [0.4, 0.5) is 5.69 Å². The van der Waals surface area contributed by atoms with Crippen molar-refractivity contribution in [3.05, 3.63) is 27.8 Å². The SMILES string of the molecule is CCOC(=O)[C@@H]([NH3+])CS[C@@H]1CC(=O)N(c2ccc(I)cc2)C1=O. The Labute approximate surface area is 152 Å². The number of anilines is 1. The van der Waals surface area contributed by atoms with E-state index < -0.39 is 11.3 Å². The van der Waals surface area contributed by atoms with Crippen LogP contribution in [0.5, 0.6) is 0 Å². The smallest absolute Gasteiger partial charge is 0.365 e. The summed E-state index contributed by atoms with van der Waals surface area (Å²) in [6.45, 7) is 2.03. The second-order valence-electron chi connectivity index (χ2n) is 5.02. The van der Waals surface area contributed by atoms with Gasteiger partial charge in [0.25, 0.3) is 0 Å². The van der Waals surface area contributed by atoms with Crippen molar-refractivity contribution in [1.82, 2.24) is 0 Å². The molecule has 23 heavy (non-hydrogen) atoms. The van der Waals surface area contributed by atoms with Crippen LogP contribution in [0, 0.1) is 3.57 Å². The number of rotatable bonds is 6. The fourth-order valence-electron chi connectivity index (χ4n) is 2.16. The van der Waals surface area contributed by atoms with Gasteiger partial charge < -0.3 is 10.5 Å². The van der Waals surface area contributed by atoms with Crippen LogP contribution in [-0.2, 0) is 19.1 Å². The van der Waals surface area contributed by atoms with Gasteiger partial charge in [-0.05, 0) is 53.8 Å². The molecule has 1 aliphatic heterocycles. The summed E-state index contributed by atoms with van der Waals surface area (Å²) < 4.78 is 5.92. The Balaban J connectivity index is 1.98. The highest BCUT2D eigenvalue weighted by Crippen LogP contribution is 2.30. The van der Waals surface area contributed by atoms with Gasteiger partial charge in [-0.2, -0.15) is 0 Å². The van der Waals surface area contributed by atoms with Crippen molar-refractivity contribution in [3.63, 3.8) is 0 Å². The van der Waals surface area contributed by atoms with Crippen LogP contribution in [0.15, 0.2) is 24.3 Å². The Hall–Kier alpha value is -1.13. The van der Waals surface area contributed by atoms with E-state index in [0.717, 1.165) is 3.57 Å². The molecule has 1 aliphatic rings. The lowest BCUT2D eigenvalue weighted by atomic mass is 10.3. The Morgan fingerprint density at radius 1 is 1.43 bits per heavy atom. The third-order valence-corrected chi connectivity index (χ3v) is 5.39. The topological polar surface area (TPSA) is 91.3 Å². The maximum atomic E-state index is 12.5. The largest absolute Gasteiger partial charge is 0.462 e. The van der Waals surface area contributed by atoms with Gasteiger partial charge in [0.05, 0.1) is 23.3 Å². The van der Waals surface area contributed by atoms with Crippen LogP contribution in [-0.4, -0.2) is 41.4 Å². The number of nitrogens with zero attached hydrogens (tertiary/aromatic N) is 1. The number of carbonyl (C=O) groups excluding carboxylic acids is 3. The van der Waals surface area contributed by atoms with Crippen molar-refractivity contribution in [2.45, 2.75) is 24.6 Å². The first-order valence-electron chi connectivity index (χ1n) is 7.17. The summed E-state index contributed by atoms with van der Waals surface area (Å²) >= 11 is 3.45. The molecule has 2 rings (SSSR count). The molecule has 124 valence electrons. The van der Waals surface area contributed by atoms with Crippen LogP contribution in [0.1, 0.15) is 13.3 Å². The fourth-order valence-corrected chi connectivity index (χ4v) is 3.62. The van der Waals surface area contributed by atoms with Crippen LogP contribution < -0.4 is 10.6 Å². The number of esters is 1. The molecule has 0 radical (unpaired) electrons. The number of hydrogen-bond donors (Lipinski definition) is 1. The normalized spacial score (nSPS) is 19.1. The minimum Gasteiger partial charge on any atom is -0.462 e. The number of thioether (sulfide) groups is 1. The number of amides is 2. The number of benzene rings is 1. The molecule has 2 amide bonds. The molecule has 1 saturated heterocycles. The van der Waals surface area contributed by atoms with Crippen molar-refractivity contribution in [3.8, 4) is 0 Å². The average molecular weight is 449 g/mol. The first-order valence-corrected chi connectivity index (χ1v) is 9.30. The molecule has 0 unspecified atom stereocenters. The summed E-state index contributed by atoms with van der Waals surface area (Å²) in [5, 5.41) is -0.472. The molecule has 2 atom stereocenters. The fraction of sp³-hybridized carbons (Fsp3) is 0.400. The number of hydrogen-bond acceptors (Lipinski definition) is 5. The lowest BCUT2D eigenvalue weighted by molar-refractivity contribution is -0.401. The van der Waals surface area contributed by atoms with Gasteiger partial charge in [-0.25, -0.2) is 9.69 Å². The van der Waals surface area contributed by atoms with E-state index in [-0.39, 0.29) is 24.2 Å². The van der Waals surface area contributed by atoms with E-state index in [9.17, 15) is 14.4 Å². The molecule has 0 saturated carbocycles. The van der Waals surface area contributed by atoms with Crippen LogP contribution in [0.25, 0.3) is 0 Å². The molecule has 1 aromatic rings. The molecule has 1 heterocycles. The van der Waals surface area contributed by atoms with E-state index in [4.69, 9.17) is 4.74 Å². The predicted octanol–water partition coefficient (Wildman–Crippen LogP) is 0.830. The Morgan fingerprint density at radius 2 is 2.09 bits per heavy atom. The zero-order valence-corrected chi connectivity index (χ0v) is 15.6. The zero-order chi connectivity index (χ0) is 17.0. The first kappa shape index (κ1) is 18.2. The van der Waals surface area contributed by atoms with Crippen LogP contribution in [0.3, 0.4) is 0 Å². The second-order valence-corrected chi connectivity index (χ2v) is 7.50. The van der Waals surface area contributed by atoms with Crippen molar-refractivity contribution >= 4 is 57.8 Å². The molecule has 0 bridgehead atoms. The third kappa shape index (κ3) is 4.45. The average Bonchev–Trinajstić information content (AvgIpc) is 2.80. The minimum absolute atomic E-state index is 0.144. The molecular weight excluding hydrogens is 431 g/mol. The maximum absolute atomic E-state index is 12.5. The summed E-state index contributed by atoms with van der Waals surface area (Å²) in [5.41, 5.74) is 4.33. The van der Waals surface area contributed by atoms with Gasteiger partial charge in [-0.1, -0.05) is 0 Å².